The summed E-state index contributed by atoms with van der Waals surface area (Å²) in [6, 6.07) is 3.23. The summed E-state index contributed by atoms with van der Waals surface area (Å²) in [7, 11) is -3.18. The molecule has 0 radical (unpaired) electrons. The minimum Gasteiger partial charge on any atom is -0.384 e. The molecular formula is C9H15ClN2O2S. The highest BCUT2D eigenvalue weighted by Crippen LogP contribution is 2.09. The van der Waals surface area contributed by atoms with Crippen molar-refractivity contribution in [3.8, 4) is 0 Å². The molecule has 0 saturated heterocycles. The molecule has 0 aliphatic rings. The molecule has 0 saturated carbocycles. The first-order valence-electron chi connectivity index (χ1n) is 4.44. The van der Waals surface area contributed by atoms with Gasteiger partial charge in [-0.2, -0.15) is 0 Å². The van der Waals surface area contributed by atoms with Crippen LogP contribution in [0.3, 0.4) is 0 Å². The summed E-state index contributed by atoms with van der Waals surface area (Å²) in [5, 5.41) is 3.23. The summed E-state index contributed by atoms with van der Waals surface area (Å²) in [4.78, 5) is 3.85. The fraction of sp³-hybridized carbons (Fsp3) is 0.444. The lowest BCUT2D eigenvalue weighted by molar-refractivity contribution is 0.598. The van der Waals surface area contributed by atoms with E-state index in [-0.39, 0.29) is 17.4 Å². The van der Waals surface area contributed by atoms with Crippen LogP contribution in [0.2, 0.25) is 0 Å². The van der Waals surface area contributed by atoms with Crippen molar-refractivity contribution < 1.29 is 8.42 Å². The Morgan fingerprint density at radius 3 is 2.47 bits per heavy atom. The number of aromatic nitrogens is 1. The van der Waals surface area contributed by atoms with Crippen LogP contribution in [0.1, 0.15) is 13.3 Å². The van der Waals surface area contributed by atoms with Gasteiger partial charge in [-0.3, -0.25) is 0 Å². The van der Waals surface area contributed by atoms with Gasteiger partial charge >= 0.3 is 0 Å². The third-order valence-corrected chi connectivity index (χ3v) is 2.70. The Bertz CT molecular complexity index is 389. The highest BCUT2D eigenvalue weighted by Gasteiger charge is 2.07. The van der Waals surface area contributed by atoms with Crippen LogP contribution >= 0.6 is 12.4 Å². The van der Waals surface area contributed by atoms with Gasteiger partial charge in [0.25, 0.3) is 0 Å². The van der Waals surface area contributed by atoms with Gasteiger partial charge in [-0.05, 0) is 18.6 Å². The maximum absolute atomic E-state index is 11.1. The Kier molecular flexibility index (Phi) is 5.60. The summed E-state index contributed by atoms with van der Waals surface area (Å²) in [5.41, 5.74) is 0.847. The molecule has 0 fully saturated rings. The van der Waals surface area contributed by atoms with Crippen molar-refractivity contribution in [3.63, 3.8) is 0 Å². The minimum atomic E-state index is -3.18. The number of rotatable bonds is 4. The van der Waals surface area contributed by atoms with Gasteiger partial charge < -0.3 is 5.32 Å². The van der Waals surface area contributed by atoms with Gasteiger partial charge in [0.2, 0.25) is 0 Å². The van der Waals surface area contributed by atoms with Crippen LogP contribution < -0.4 is 5.32 Å². The van der Waals surface area contributed by atoms with Crippen LogP contribution in [-0.2, 0) is 9.84 Å². The van der Waals surface area contributed by atoms with E-state index in [0.29, 0.717) is 0 Å². The summed E-state index contributed by atoms with van der Waals surface area (Å²) in [6.07, 6.45) is 3.70. The van der Waals surface area contributed by atoms with E-state index < -0.39 is 9.84 Å². The van der Waals surface area contributed by atoms with Gasteiger partial charge in [-0.15, -0.1) is 12.4 Å². The van der Waals surface area contributed by atoms with E-state index in [9.17, 15) is 8.42 Å². The number of anilines is 1. The van der Waals surface area contributed by atoms with Crippen LogP contribution in [0.5, 0.6) is 0 Å². The second kappa shape index (κ2) is 5.92. The van der Waals surface area contributed by atoms with E-state index in [1.54, 1.807) is 6.07 Å². The first kappa shape index (κ1) is 14.2. The van der Waals surface area contributed by atoms with Crippen molar-refractivity contribution in [1.82, 2.24) is 4.98 Å². The molecule has 0 atom stereocenters. The summed E-state index contributed by atoms with van der Waals surface area (Å²) < 4.78 is 22.2. The lowest BCUT2D eigenvalue weighted by atomic mass is 10.4. The average Bonchev–Trinajstić information content (AvgIpc) is 2.14. The third kappa shape index (κ3) is 4.48. The van der Waals surface area contributed by atoms with Crippen LogP contribution in [0.4, 0.5) is 5.69 Å². The Hall–Kier alpha value is -0.810. The van der Waals surface area contributed by atoms with Crippen molar-refractivity contribution in [2.75, 3.05) is 18.1 Å². The predicted octanol–water partition coefficient (Wildman–Crippen LogP) is 1.73. The summed E-state index contributed by atoms with van der Waals surface area (Å²) in [5.74, 6) is 0. The van der Waals surface area contributed by atoms with Crippen molar-refractivity contribution in [2.45, 2.75) is 18.4 Å². The molecule has 0 aliphatic carbocycles. The molecular weight excluding hydrogens is 236 g/mol. The topological polar surface area (TPSA) is 59.1 Å². The molecule has 1 rings (SSSR count). The molecule has 1 N–H and O–H groups in total. The molecule has 4 nitrogen and oxygen atoms in total. The lowest BCUT2D eigenvalue weighted by Gasteiger charge is -2.04. The normalized spacial score (nSPS) is 10.5. The summed E-state index contributed by atoms with van der Waals surface area (Å²) >= 11 is 0. The zero-order valence-electron chi connectivity index (χ0n) is 8.73. The molecule has 0 aliphatic heterocycles. The molecule has 0 aromatic carbocycles. The first-order chi connectivity index (χ1) is 6.54. The van der Waals surface area contributed by atoms with E-state index >= 15 is 0 Å². The molecule has 86 valence electrons. The Morgan fingerprint density at radius 2 is 2.07 bits per heavy atom. The number of halogens is 1. The number of nitrogens with one attached hydrogen (secondary N) is 1. The fourth-order valence-electron chi connectivity index (χ4n) is 0.974. The van der Waals surface area contributed by atoms with Crippen molar-refractivity contribution in [3.05, 3.63) is 18.3 Å². The predicted molar refractivity (Wildman–Crippen MR) is 63.4 cm³/mol. The maximum atomic E-state index is 11.1. The van der Waals surface area contributed by atoms with Crippen molar-refractivity contribution in [1.29, 1.82) is 0 Å². The second-order valence-corrected chi connectivity index (χ2v) is 5.05. The molecule has 0 bridgehead atoms. The number of pyridine rings is 1. The minimum absolute atomic E-state index is 0. The van der Waals surface area contributed by atoms with E-state index in [1.807, 2.05) is 0 Å². The standard InChI is InChI=1S/C9H14N2O2S.ClH/c1-3-6-10-8-4-5-9(11-7-8)14(2,12)13;/h4-5,7,10H,3,6H2,1-2H3;1H. The average molecular weight is 251 g/mol. The van der Waals surface area contributed by atoms with E-state index in [2.05, 4.69) is 17.2 Å². The van der Waals surface area contributed by atoms with Crippen LogP contribution in [0.25, 0.3) is 0 Å². The molecule has 0 unspecified atom stereocenters. The highest BCUT2D eigenvalue weighted by molar-refractivity contribution is 7.90. The molecule has 0 spiro atoms. The monoisotopic (exact) mass is 250 g/mol. The Labute approximate surface area is 96.4 Å². The number of sulfone groups is 1. The molecule has 1 aromatic heterocycles. The van der Waals surface area contributed by atoms with E-state index in [4.69, 9.17) is 0 Å². The van der Waals surface area contributed by atoms with Gasteiger partial charge in [0.1, 0.15) is 0 Å². The maximum Gasteiger partial charge on any atom is 0.192 e. The smallest absolute Gasteiger partial charge is 0.192 e. The zero-order valence-corrected chi connectivity index (χ0v) is 10.4. The number of hydrogen-bond acceptors (Lipinski definition) is 4. The molecule has 0 amide bonds. The van der Waals surface area contributed by atoms with Crippen LogP contribution in [0, 0.1) is 0 Å². The molecule has 6 heteroatoms. The van der Waals surface area contributed by atoms with Crippen molar-refractivity contribution >= 4 is 27.9 Å². The Morgan fingerprint density at radius 1 is 1.40 bits per heavy atom. The van der Waals surface area contributed by atoms with Gasteiger partial charge in [-0.1, -0.05) is 6.92 Å². The molecule has 1 aromatic rings. The lowest BCUT2D eigenvalue weighted by Crippen LogP contribution is -2.03. The van der Waals surface area contributed by atoms with Gasteiger partial charge in [-0.25, -0.2) is 13.4 Å². The van der Waals surface area contributed by atoms with E-state index in [1.165, 1.54) is 12.3 Å². The van der Waals surface area contributed by atoms with Gasteiger partial charge in [0.15, 0.2) is 14.9 Å². The van der Waals surface area contributed by atoms with Crippen LogP contribution in [-0.4, -0.2) is 26.2 Å². The number of nitrogens with zero attached hydrogens (tertiary/aromatic N) is 1. The third-order valence-electron chi connectivity index (χ3n) is 1.70. The fourth-order valence-corrected chi connectivity index (χ4v) is 1.53. The Balaban J connectivity index is 0.00000196. The first-order valence-corrected chi connectivity index (χ1v) is 6.33. The second-order valence-electron chi connectivity index (χ2n) is 3.08. The quantitative estimate of drug-likeness (QED) is 0.884. The van der Waals surface area contributed by atoms with E-state index in [0.717, 1.165) is 24.9 Å². The summed E-state index contributed by atoms with van der Waals surface area (Å²) in [6.45, 7) is 2.92. The zero-order chi connectivity index (χ0) is 10.6. The number of hydrogen-bond donors (Lipinski definition) is 1. The van der Waals surface area contributed by atoms with Gasteiger partial charge in [0.05, 0.1) is 11.9 Å². The van der Waals surface area contributed by atoms with Gasteiger partial charge in [0, 0.05) is 12.8 Å². The SMILES string of the molecule is CCCNc1ccc(S(C)(=O)=O)nc1.Cl. The largest absolute Gasteiger partial charge is 0.384 e. The molecule has 15 heavy (non-hydrogen) atoms. The highest BCUT2D eigenvalue weighted by atomic mass is 35.5. The molecule has 1 heterocycles. The van der Waals surface area contributed by atoms with Crippen molar-refractivity contribution in [2.24, 2.45) is 0 Å². The van der Waals surface area contributed by atoms with Crippen LogP contribution in [0.15, 0.2) is 23.4 Å².